The summed E-state index contributed by atoms with van der Waals surface area (Å²) >= 11 is 0. The lowest BCUT2D eigenvalue weighted by molar-refractivity contribution is 0.0711. The van der Waals surface area contributed by atoms with Crippen molar-refractivity contribution in [1.82, 2.24) is 20.4 Å². The molecular formula is C22H24N4O3. The monoisotopic (exact) mass is 392 g/mol. The molecular weight excluding hydrogens is 368 g/mol. The SMILES string of the molecule is Cc1ccccc1C(=O)N1CCC(c2cc(C(=O)NCc3ccco3)n[nH]2)CC1. The smallest absolute Gasteiger partial charge is 0.272 e. The molecule has 1 aromatic carbocycles. The molecule has 1 fully saturated rings. The lowest BCUT2D eigenvalue weighted by Gasteiger charge is -2.31. The van der Waals surface area contributed by atoms with E-state index in [1.165, 1.54) is 0 Å². The van der Waals surface area contributed by atoms with Gasteiger partial charge in [0.15, 0.2) is 0 Å². The van der Waals surface area contributed by atoms with Gasteiger partial charge in [0, 0.05) is 30.3 Å². The molecule has 7 nitrogen and oxygen atoms in total. The van der Waals surface area contributed by atoms with Crippen molar-refractivity contribution in [2.75, 3.05) is 13.1 Å². The van der Waals surface area contributed by atoms with Crippen LogP contribution in [0, 0.1) is 6.92 Å². The van der Waals surface area contributed by atoms with Gasteiger partial charge in [-0.15, -0.1) is 0 Å². The third-order valence-electron chi connectivity index (χ3n) is 5.43. The summed E-state index contributed by atoms with van der Waals surface area (Å²) in [6, 6.07) is 13.1. The number of H-pyrrole nitrogens is 1. The molecule has 2 amide bonds. The number of benzene rings is 1. The van der Waals surface area contributed by atoms with Gasteiger partial charge in [-0.25, -0.2) is 0 Å². The van der Waals surface area contributed by atoms with Gasteiger partial charge < -0.3 is 14.6 Å². The molecule has 0 unspecified atom stereocenters. The Hall–Kier alpha value is -3.35. The Bertz CT molecular complexity index is 985. The van der Waals surface area contributed by atoms with Gasteiger partial charge in [-0.05, 0) is 49.6 Å². The standard InChI is InChI=1S/C22H24N4O3/c1-15-5-2-3-7-18(15)22(28)26-10-8-16(9-11-26)19-13-20(25-24-19)21(27)23-14-17-6-4-12-29-17/h2-7,12-13,16H,8-11,14H2,1H3,(H,23,27)(H,24,25). The zero-order valence-electron chi connectivity index (χ0n) is 16.4. The number of aromatic nitrogens is 2. The number of furan rings is 1. The van der Waals surface area contributed by atoms with Gasteiger partial charge in [0.25, 0.3) is 11.8 Å². The molecule has 0 atom stereocenters. The minimum atomic E-state index is -0.240. The number of hydrogen-bond donors (Lipinski definition) is 2. The highest BCUT2D eigenvalue weighted by Gasteiger charge is 2.26. The van der Waals surface area contributed by atoms with E-state index in [1.807, 2.05) is 42.2 Å². The number of aromatic amines is 1. The Labute approximate surface area is 169 Å². The van der Waals surface area contributed by atoms with Crippen molar-refractivity contribution in [1.29, 1.82) is 0 Å². The summed E-state index contributed by atoms with van der Waals surface area (Å²) in [6.07, 6.45) is 3.25. The van der Waals surface area contributed by atoms with E-state index in [9.17, 15) is 9.59 Å². The van der Waals surface area contributed by atoms with Crippen LogP contribution in [0.25, 0.3) is 0 Å². The van der Waals surface area contributed by atoms with E-state index in [0.29, 0.717) is 31.1 Å². The summed E-state index contributed by atoms with van der Waals surface area (Å²) in [5.74, 6) is 0.801. The molecule has 2 aromatic heterocycles. The number of nitrogens with zero attached hydrogens (tertiary/aromatic N) is 2. The van der Waals surface area contributed by atoms with Crippen LogP contribution in [0.15, 0.2) is 53.1 Å². The second-order valence-electron chi connectivity index (χ2n) is 7.35. The Balaban J connectivity index is 1.33. The van der Waals surface area contributed by atoms with Crippen LogP contribution in [0.1, 0.15) is 56.6 Å². The van der Waals surface area contributed by atoms with Crippen molar-refractivity contribution in [3.05, 3.63) is 77.0 Å². The molecule has 7 heteroatoms. The second-order valence-corrected chi connectivity index (χ2v) is 7.35. The number of carbonyl (C=O) groups excluding carboxylic acids is 2. The van der Waals surface area contributed by atoms with Crippen LogP contribution in [-0.2, 0) is 6.54 Å². The predicted octanol–water partition coefficient (Wildman–Crippen LogP) is 3.26. The molecule has 3 heterocycles. The van der Waals surface area contributed by atoms with Gasteiger partial charge >= 0.3 is 0 Å². The van der Waals surface area contributed by atoms with Gasteiger partial charge in [0.05, 0.1) is 12.8 Å². The molecule has 0 radical (unpaired) electrons. The quantitative estimate of drug-likeness (QED) is 0.697. The number of aryl methyl sites for hydroxylation is 1. The average molecular weight is 392 g/mol. The van der Waals surface area contributed by atoms with Crippen LogP contribution in [-0.4, -0.2) is 40.0 Å². The Morgan fingerprint density at radius 1 is 1.21 bits per heavy atom. The first-order valence-electron chi connectivity index (χ1n) is 9.82. The number of nitrogens with one attached hydrogen (secondary N) is 2. The summed E-state index contributed by atoms with van der Waals surface area (Å²) < 4.78 is 5.21. The van der Waals surface area contributed by atoms with E-state index in [-0.39, 0.29) is 17.7 Å². The van der Waals surface area contributed by atoms with Crippen LogP contribution in [0.5, 0.6) is 0 Å². The first-order chi connectivity index (χ1) is 14.1. The minimum Gasteiger partial charge on any atom is -0.467 e. The lowest BCUT2D eigenvalue weighted by atomic mass is 9.93. The maximum absolute atomic E-state index is 12.8. The van der Waals surface area contributed by atoms with E-state index >= 15 is 0 Å². The van der Waals surface area contributed by atoms with E-state index in [1.54, 1.807) is 18.4 Å². The Morgan fingerprint density at radius 2 is 2.00 bits per heavy atom. The molecule has 0 spiro atoms. The molecule has 0 aliphatic carbocycles. The molecule has 150 valence electrons. The van der Waals surface area contributed by atoms with Gasteiger partial charge in [-0.1, -0.05) is 18.2 Å². The fourth-order valence-corrected chi connectivity index (χ4v) is 3.71. The number of likely N-dealkylation sites (tertiary alicyclic amines) is 1. The topological polar surface area (TPSA) is 91.2 Å². The highest BCUT2D eigenvalue weighted by molar-refractivity contribution is 5.95. The van der Waals surface area contributed by atoms with Gasteiger partial charge in [0.1, 0.15) is 11.5 Å². The first kappa shape index (κ1) is 19.0. The average Bonchev–Trinajstić information content (AvgIpc) is 3.44. The van der Waals surface area contributed by atoms with E-state index in [0.717, 1.165) is 29.7 Å². The molecule has 4 rings (SSSR count). The zero-order valence-corrected chi connectivity index (χ0v) is 16.4. The molecule has 0 bridgehead atoms. The highest BCUT2D eigenvalue weighted by atomic mass is 16.3. The number of rotatable bonds is 5. The lowest BCUT2D eigenvalue weighted by Crippen LogP contribution is -2.38. The van der Waals surface area contributed by atoms with Crippen LogP contribution < -0.4 is 5.32 Å². The van der Waals surface area contributed by atoms with Crippen LogP contribution in [0.4, 0.5) is 0 Å². The summed E-state index contributed by atoms with van der Waals surface area (Å²) in [4.78, 5) is 27.0. The normalized spacial score (nSPS) is 14.7. The van der Waals surface area contributed by atoms with Crippen LogP contribution >= 0.6 is 0 Å². The maximum atomic E-state index is 12.8. The molecule has 1 aliphatic rings. The number of carbonyl (C=O) groups is 2. The summed E-state index contributed by atoms with van der Waals surface area (Å²) in [7, 11) is 0. The van der Waals surface area contributed by atoms with Gasteiger partial charge in [0.2, 0.25) is 0 Å². The fourth-order valence-electron chi connectivity index (χ4n) is 3.71. The molecule has 1 saturated heterocycles. The van der Waals surface area contributed by atoms with E-state index in [2.05, 4.69) is 15.5 Å². The largest absolute Gasteiger partial charge is 0.467 e. The van der Waals surface area contributed by atoms with Crippen molar-refractivity contribution in [2.45, 2.75) is 32.2 Å². The first-order valence-corrected chi connectivity index (χ1v) is 9.82. The Morgan fingerprint density at radius 3 is 2.72 bits per heavy atom. The van der Waals surface area contributed by atoms with Crippen molar-refractivity contribution >= 4 is 11.8 Å². The number of amides is 2. The summed E-state index contributed by atoms with van der Waals surface area (Å²) in [6.45, 7) is 3.67. The summed E-state index contributed by atoms with van der Waals surface area (Å²) in [5.41, 5.74) is 3.07. The molecule has 0 saturated carbocycles. The number of hydrogen-bond acceptors (Lipinski definition) is 4. The van der Waals surface area contributed by atoms with Crippen molar-refractivity contribution in [3.8, 4) is 0 Å². The van der Waals surface area contributed by atoms with Crippen LogP contribution in [0.3, 0.4) is 0 Å². The molecule has 3 aromatic rings. The molecule has 29 heavy (non-hydrogen) atoms. The van der Waals surface area contributed by atoms with Crippen molar-refractivity contribution in [3.63, 3.8) is 0 Å². The summed E-state index contributed by atoms with van der Waals surface area (Å²) in [5, 5.41) is 9.95. The Kier molecular flexibility index (Phi) is 5.46. The fraction of sp³-hybridized carbons (Fsp3) is 0.318. The minimum absolute atomic E-state index is 0.0872. The predicted molar refractivity (Wildman–Crippen MR) is 108 cm³/mol. The van der Waals surface area contributed by atoms with Crippen molar-refractivity contribution < 1.29 is 14.0 Å². The molecule has 2 N–H and O–H groups in total. The highest BCUT2D eigenvalue weighted by Crippen LogP contribution is 2.28. The second kappa shape index (κ2) is 8.34. The number of piperidine rings is 1. The maximum Gasteiger partial charge on any atom is 0.272 e. The van der Waals surface area contributed by atoms with E-state index in [4.69, 9.17) is 4.42 Å². The van der Waals surface area contributed by atoms with Gasteiger partial charge in [-0.2, -0.15) is 5.10 Å². The zero-order chi connectivity index (χ0) is 20.2. The van der Waals surface area contributed by atoms with E-state index < -0.39 is 0 Å². The third-order valence-corrected chi connectivity index (χ3v) is 5.43. The van der Waals surface area contributed by atoms with Crippen LogP contribution in [0.2, 0.25) is 0 Å². The third kappa shape index (κ3) is 4.23. The van der Waals surface area contributed by atoms with Crippen molar-refractivity contribution in [2.24, 2.45) is 0 Å². The van der Waals surface area contributed by atoms with Gasteiger partial charge in [-0.3, -0.25) is 14.7 Å². The molecule has 1 aliphatic heterocycles.